The number of nitrogens with one attached hydrogen (secondary N) is 1. The van der Waals surface area contributed by atoms with E-state index in [0.29, 0.717) is 18.9 Å². The van der Waals surface area contributed by atoms with Gasteiger partial charge < -0.3 is 4.90 Å². The smallest absolute Gasteiger partial charge is 0.229 e. The number of amides is 2. The molecule has 0 spiro atoms. The van der Waals surface area contributed by atoms with Crippen molar-refractivity contribution in [1.82, 2.24) is 4.90 Å². The number of carbonyl (C=O) groups is 2. The fraction of sp³-hybridized carbons (Fsp3) is 0.857. The molecule has 4 nitrogen and oxygen atoms in total. The first kappa shape index (κ1) is 12.2. The summed E-state index contributed by atoms with van der Waals surface area (Å²) in [5.41, 5.74) is 0. The molecule has 3 atom stereocenters. The van der Waals surface area contributed by atoms with E-state index in [0.717, 1.165) is 19.3 Å². The second-order valence-electron chi connectivity index (χ2n) is 5.98. The average Bonchev–Trinajstić information content (AvgIpc) is 2.39. The number of nitrogens with zero attached hydrogens (tertiary/aromatic N) is 1. The average molecular weight is 251 g/mol. The molecule has 1 unspecified atom stereocenters. The second-order valence-corrected chi connectivity index (χ2v) is 5.98. The van der Waals surface area contributed by atoms with Crippen molar-refractivity contribution in [3.8, 4) is 0 Å². The number of fused-ring (bicyclic) bond motifs is 1. The van der Waals surface area contributed by atoms with Gasteiger partial charge in [-0.25, -0.2) is 0 Å². The lowest BCUT2D eigenvalue weighted by atomic mass is 9.86. The van der Waals surface area contributed by atoms with Crippen LogP contribution in [-0.2, 0) is 9.59 Å². The van der Waals surface area contributed by atoms with Crippen molar-refractivity contribution in [3.63, 3.8) is 0 Å². The predicted octanol–water partition coefficient (Wildman–Crippen LogP) is 0.125. The van der Waals surface area contributed by atoms with Gasteiger partial charge in [0, 0.05) is 19.3 Å². The Kier molecular flexibility index (Phi) is 3.37. The summed E-state index contributed by atoms with van der Waals surface area (Å²) in [5, 5.41) is 0. The van der Waals surface area contributed by atoms with Gasteiger partial charge in [-0.2, -0.15) is 0 Å². The SMILES string of the molecule is O=C1CCCC(=O)N1[C@@H]1CCC[NH+]2CCCC[C@@H]12. The highest BCUT2D eigenvalue weighted by atomic mass is 16.2. The summed E-state index contributed by atoms with van der Waals surface area (Å²) < 4.78 is 0. The number of imide groups is 1. The standard InChI is InChI=1S/C14H22N2O2/c17-13-7-3-8-14(18)16(13)12-6-4-10-15-9-2-1-5-11(12)15/h11-12H,1-10H2/p+1/t11-,12+/m0/s1. The minimum Gasteiger partial charge on any atom is -0.331 e. The van der Waals surface area contributed by atoms with Gasteiger partial charge in [-0.3, -0.25) is 14.5 Å². The van der Waals surface area contributed by atoms with E-state index in [9.17, 15) is 9.59 Å². The molecule has 100 valence electrons. The van der Waals surface area contributed by atoms with Gasteiger partial charge in [0.1, 0.15) is 6.04 Å². The van der Waals surface area contributed by atoms with Gasteiger partial charge in [0.2, 0.25) is 11.8 Å². The summed E-state index contributed by atoms with van der Waals surface area (Å²) in [7, 11) is 0. The third kappa shape index (κ3) is 2.07. The normalized spacial score (nSPS) is 37.6. The number of rotatable bonds is 1. The van der Waals surface area contributed by atoms with Gasteiger partial charge in [-0.1, -0.05) is 0 Å². The maximum absolute atomic E-state index is 12.1. The molecule has 3 aliphatic heterocycles. The minimum atomic E-state index is 0.0862. The quantitative estimate of drug-likeness (QED) is 0.673. The van der Waals surface area contributed by atoms with Gasteiger partial charge in [-0.15, -0.1) is 0 Å². The largest absolute Gasteiger partial charge is 0.331 e. The predicted molar refractivity (Wildman–Crippen MR) is 67.1 cm³/mol. The fourth-order valence-corrected chi connectivity index (χ4v) is 4.07. The lowest BCUT2D eigenvalue weighted by Crippen LogP contribution is -3.19. The molecule has 3 fully saturated rings. The summed E-state index contributed by atoms with van der Waals surface area (Å²) in [4.78, 5) is 27.4. The van der Waals surface area contributed by atoms with Crippen molar-refractivity contribution in [3.05, 3.63) is 0 Å². The van der Waals surface area contributed by atoms with Crippen LogP contribution in [0, 0.1) is 0 Å². The third-order valence-corrected chi connectivity index (χ3v) is 4.90. The van der Waals surface area contributed by atoms with Crippen molar-refractivity contribution in [2.24, 2.45) is 0 Å². The van der Waals surface area contributed by atoms with Gasteiger partial charge >= 0.3 is 0 Å². The van der Waals surface area contributed by atoms with Crippen molar-refractivity contribution in [2.75, 3.05) is 13.1 Å². The number of carbonyl (C=O) groups excluding carboxylic acids is 2. The Labute approximate surface area is 108 Å². The summed E-state index contributed by atoms with van der Waals surface area (Å²) in [6, 6.07) is 0.729. The summed E-state index contributed by atoms with van der Waals surface area (Å²) in [5.74, 6) is 0.172. The van der Waals surface area contributed by atoms with Crippen molar-refractivity contribution in [1.29, 1.82) is 0 Å². The molecule has 3 aliphatic rings. The van der Waals surface area contributed by atoms with Crippen molar-refractivity contribution < 1.29 is 14.5 Å². The molecule has 0 bridgehead atoms. The minimum absolute atomic E-state index is 0.0862. The maximum Gasteiger partial charge on any atom is 0.229 e. The van der Waals surface area contributed by atoms with Crippen LogP contribution in [0.2, 0.25) is 0 Å². The molecule has 18 heavy (non-hydrogen) atoms. The molecule has 1 N–H and O–H groups in total. The highest BCUT2D eigenvalue weighted by molar-refractivity contribution is 5.97. The highest BCUT2D eigenvalue weighted by Crippen LogP contribution is 2.24. The Morgan fingerprint density at radius 2 is 1.61 bits per heavy atom. The van der Waals surface area contributed by atoms with Crippen LogP contribution in [-0.4, -0.2) is 41.9 Å². The second kappa shape index (κ2) is 5.00. The van der Waals surface area contributed by atoms with Gasteiger partial charge in [0.05, 0.1) is 19.1 Å². The van der Waals surface area contributed by atoms with E-state index >= 15 is 0 Å². The van der Waals surface area contributed by atoms with Crippen molar-refractivity contribution in [2.45, 2.75) is 63.5 Å². The van der Waals surface area contributed by atoms with E-state index in [1.807, 2.05) is 0 Å². The molecule has 0 aliphatic carbocycles. The number of likely N-dealkylation sites (tertiary alicyclic amines) is 1. The molecule has 2 amide bonds. The Hall–Kier alpha value is -0.900. The molecule has 0 saturated carbocycles. The lowest BCUT2D eigenvalue weighted by Gasteiger charge is -2.45. The van der Waals surface area contributed by atoms with Crippen LogP contribution in [0.4, 0.5) is 0 Å². The third-order valence-electron chi connectivity index (χ3n) is 4.90. The molecule has 3 heterocycles. The van der Waals surface area contributed by atoms with Gasteiger partial charge in [0.25, 0.3) is 0 Å². The molecule has 3 rings (SSSR count). The van der Waals surface area contributed by atoms with Crippen LogP contribution < -0.4 is 4.90 Å². The molecule has 0 aromatic rings. The highest BCUT2D eigenvalue weighted by Gasteiger charge is 2.44. The Bertz CT molecular complexity index is 338. The van der Waals surface area contributed by atoms with Crippen LogP contribution in [0.3, 0.4) is 0 Å². The van der Waals surface area contributed by atoms with E-state index in [1.54, 1.807) is 9.80 Å². The van der Waals surface area contributed by atoms with Crippen LogP contribution >= 0.6 is 0 Å². The number of quaternary nitrogens is 1. The first-order valence-corrected chi connectivity index (χ1v) is 7.47. The summed E-state index contributed by atoms with van der Waals surface area (Å²) in [6.07, 6.45) is 7.86. The number of hydrogen-bond acceptors (Lipinski definition) is 2. The van der Waals surface area contributed by atoms with E-state index < -0.39 is 0 Å². The lowest BCUT2D eigenvalue weighted by molar-refractivity contribution is -0.937. The first-order valence-electron chi connectivity index (χ1n) is 7.47. The monoisotopic (exact) mass is 251 g/mol. The zero-order valence-electron chi connectivity index (χ0n) is 11.0. The van der Waals surface area contributed by atoms with E-state index in [-0.39, 0.29) is 17.9 Å². The molecular formula is C14H23N2O2+. The van der Waals surface area contributed by atoms with Crippen LogP contribution in [0.15, 0.2) is 0 Å². The topological polar surface area (TPSA) is 41.8 Å². The number of piperidine rings is 3. The summed E-state index contributed by atoms with van der Waals surface area (Å²) in [6.45, 7) is 2.47. The molecule has 0 aromatic heterocycles. The zero-order chi connectivity index (χ0) is 12.5. The Morgan fingerprint density at radius 1 is 0.889 bits per heavy atom. The van der Waals surface area contributed by atoms with E-state index in [4.69, 9.17) is 0 Å². The summed E-state index contributed by atoms with van der Waals surface area (Å²) >= 11 is 0. The van der Waals surface area contributed by atoms with Gasteiger partial charge in [-0.05, 0) is 32.1 Å². The Balaban J connectivity index is 1.80. The van der Waals surface area contributed by atoms with E-state index in [1.165, 1.54) is 32.4 Å². The van der Waals surface area contributed by atoms with Crippen LogP contribution in [0.25, 0.3) is 0 Å². The molecule has 3 saturated heterocycles. The van der Waals surface area contributed by atoms with Gasteiger partial charge in [0.15, 0.2) is 0 Å². The van der Waals surface area contributed by atoms with E-state index in [2.05, 4.69) is 0 Å². The van der Waals surface area contributed by atoms with Crippen LogP contribution in [0.1, 0.15) is 51.4 Å². The molecule has 0 aromatic carbocycles. The molecule has 4 heteroatoms. The zero-order valence-corrected chi connectivity index (χ0v) is 11.0. The van der Waals surface area contributed by atoms with Crippen molar-refractivity contribution >= 4 is 11.8 Å². The first-order chi connectivity index (χ1) is 8.77. The fourth-order valence-electron chi connectivity index (χ4n) is 4.07. The Morgan fingerprint density at radius 3 is 2.39 bits per heavy atom. The number of hydrogen-bond donors (Lipinski definition) is 1. The van der Waals surface area contributed by atoms with Crippen LogP contribution in [0.5, 0.6) is 0 Å². The maximum atomic E-state index is 12.1. The molecular weight excluding hydrogens is 228 g/mol. The molecule has 0 radical (unpaired) electrons.